The summed E-state index contributed by atoms with van der Waals surface area (Å²) in [5, 5.41) is 0.689. The lowest BCUT2D eigenvalue weighted by Crippen LogP contribution is -2.55. The fourth-order valence-electron chi connectivity index (χ4n) is 6.89. The Kier molecular flexibility index (Phi) is 8.51. The van der Waals surface area contributed by atoms with Gasteiger partial charge in [0.15, 0.2) is 0 Å². The number of nitrogens with zero attached hydrogens (tertiary/aromatic N) is 2. The molecule has 5 rings (SSSR count). The molecule has 2 aliphatic heterocycles. The van der Waals surface area contributed by atoms with Gasteiger partial charge in [0, 0.05) is 43.0 Å². The molecule has 2 saturated heterocycles. The van der Waals surface area contributed by atoms with E-state index in [1.807, 2.05) is 34.9 Å². The van der Waals surface area contributed by atoms with Gasteiger partial charge in [0.05, 0.1) is 12.0 Å². The molecule has 1 aliphatic carbocycles. The zero-order valence-corrected chi connectivity index (χ0v) is 23.8. The van der Waals surface area contributed by atoms with Gasteiger partial charge in [0.2, 0.25) is 11.8 Å². The highest BCUT2D eigenvalue weighted by Gasteiger charge is 2.48. The SMILES string of the molecule is Cc1cc(OC[C@]2(CC(=O)N3CCCCC3)CCCN(C(=O)C3(c4ccc(F)cc4)CCCC3)C2)ccc1Cl. The molecule has 7 heteroatoms. The molecule has 3 aliphatic rings. The van der Waals surface area contributed by atoms with E-state index in [0.717, 1.165) is 81.3 Å². The monoisotopic (exact) mass is 554 g/mol. The van der Waals surface area contributed by atoms with E-state index in [1.54, 1.807) is 12.1 Å². The van der Waals surface area contributed by atoms with Crippen LogP contribution in [0, 0.1) is 18.2 Å². The van der Waals surface area contributed by atoms with Crippen LogP contribution in [0.3, 0.4) is 0 Å². The van der Waals surface area contributed by atoms with Crippen LogP contribution < -0.4 is 4.74 Å². The maximum absolute atomic E-state index is 14.3. The van der Waals surface area contributed by atoms with E-state index >= 15 is 0 Å². The molecule has 2 amide bonds. The van der Waals surface area contributed by atoms with Crippen molar-refractivity contribution >= 4 is 23.4 Å². The molecule has 2 aromatic rings. The Bertz CT molecular complexity index is 1170. The number of carbonyl (C=O) groups excluding carboxylic acids is 2. The Morgan fingerprint density at radius 2 is 1.59 bits per heavy atom. The van der Waals surface area contributed by atoms with Crippen molar-refractivity contribution in [3.8, 4) is 5.75 Å². The molecule has 2 aromatic carbocycles. The quantitative estimate of drug-likeness (QED) is 0.383. The first-order chi connectivity index (χ1) is 18.8. The zero-order chi connectivity index (χ0) is 27.5. The number of carbonyl (C=O) groups is 2. The molecule has 0 N–H and O–H groups in total. The summed E-state index contributed by atoms with van der Waals surface area (Å²) in [6, 6.07) is 12.1. The molecular formula is C32H40ClFN2O3. The molecule has 5 nitrogen and oxygen atoms in total. The average Bonchev–Trinajstić information content (AvgIpc) is 3.45. The summed E-state index contributed by atoms with van der Waals surface area (Å²) in [7, 11) is 0. The van der Waals surface area contributed by atoms with Gasteiger partial charge in [0.1, 0.15) is 11.6 Å². The molecular weight excluding hydrogens is 515 g/mol. The lowest BCUT2D eigenvalue weighted by molar-refractivity contribution is -0.145. The van der Waals surface area contributed by atoms with Crippen LogP contribution in [-0.4, -0.2) is 54.4 Å². The van der Waals surface area contributed by atoms with E-state index in [4.69, 9.17) is 16.3 Å². The number of piperidine rings is 2. The maximum Gasteiger partial charge on any atom is 0.233 e. The van der Waals surface area contributed by atoms with Crippen LogP contribution in [0.5, 0.6) is 5.75 Å². The third-order valence-corrected chi connectivity index (χ3v) is 9.55. The van der Waals surface area contributed by atoms with Crippen molar-refractivity contribution in [1.29, 1.82) is 0 Å². The number of rotatable bonds is 7. The van der Waals surface area contributed by atoms with Crippen molar-refractivity contribution in [2.24, 2.45) is 5.41 Å². The topological polar surface area (TPSA) is 49.9 Å². The van der Waals surface area contributed by atoms with Crippen LogP contribution in [0.2, 0.25) is 5.02 Å². The van der Waals surface area contributed by atoms with Crippen LogP contribution in [0.25, 0.3) is 0 Å². The van der Waals surface area contributed by atoms with Crippen molar-refractivity contribution in [1.82, 2.24) is 9.80 Å². The minimum absolute atomic E-state index is 0.114. The van der Waals surface area contributed by atoms with Crippen LogP contribution in [0.15, 0.2) is 42.5 Å². The Morgan fingerprint density at radius 1 is 0.897 bits per heavy atom. The number of hydrogen-bond donors (Lipinski definition) is 0. The Balaban J connectivity index is 1.40. The van der Waals surface area contributed by atoms with E-state index in [9.17, 15) is 14.0 Å². The van der Waals surface area contributed by atoms with Crippen molar-refractivity contribution in [3.63, 3.8) is 0 Å². The van der Waals surface area contributed by atoms with Gasteiger partial charge in [-0.05, 0) is 93.3 Å². The second kappa shape index (κ2) is 11.9. The first kappa shape index (κ1) is 27.9. The summed E-state index contributed by atoms with van der Waals surface area (Å²) < 4.78 is 20.1. The number of likely N-dealkylation sites (tertiary alicyclic amines) is 2. The summed E-state index contributed by atoms with van der Waals surface area (Å²) in [4.78, 5) is 31.8. The summed E-state index contributed by atoms with van der Waals surface area (Å²) in [5.74, 6) is 0.711. The number of hydrogen-bond acceptors (Lipinski definition) is 3. The number of halogens is 2. The van der Waals surface area contributed by atoms with E-state index in [-0.39, 0.29) is 17.6 Å². The lowest BCUT2D eigenvalue weighted by Gasteiger charge is -2.46. The standard InChI is InChI=1S/C32H40ClFN2O3/c1-24-20-27(12-13-28(24)33)39-23-31(21-29(37)35-17-5-2-6-18-35)14-7-19-36(22-31)30(38)32(15-3-4-16-32)25-8-10-26(34)11-9-25/h8-13,20H,2-7,14-19,21-23H2,1H3/t31-/m0/s1. The minimum atomic E-state index is -0.623. The van der Waals surface area contributed by atoms with Crippen molar-refractivity contribution in [2.75, 3.05) is 32.8 Å². The van der Waals surface area contributed by atoms with Crippen molar-refractivity contribution in [3.05, 3.63) is 64.4 Å². The van der Waals surface area contributed by atoms with Crippen LogP contribution in [0.4, 0.5) is 4.39 Å². The smallest absolute Gasteiger partial charge is 0.233 e. The molecule has 0 bridgehead atoms. The van der Waals surface area contributed by atoms with Gasteiger partial charge >= 0.3 is 0 Å². The average molecular weight is 555 g/mol. The molecule has 2 heterocycles. The molecule has 0 radical (unpaired) electrons. The molecule has 39 heavy (non-hydrogen) atoms. The molecule has 0 spiro atoms. The van der Waals surface area contributed by atoms with Crippen molar-refractivity contribution < 1.29 is 18.7 Å². The predicted octanol–water partition coefficient (Wildman–Crippen LogP) is 6.69. The molecule has 3 fully saturated rings. The Morgan fingerprint density at radius 3 is 2.28 bits per heavy atom. The van der Waals surface area contributed by atoms with Gasteiger partial charge in [-0.25, -0.2) is 4.39 Å². The van der Waals surface area contributed by atoms with E-state index < -0.39 is 10.8 Å². The Labute approximate surface area is 236 Å². The highest BCUT2D eigenvalue weighted by molar-refractivity contribution is 6.31. The number of benzene rings is 2. The summed E-state index contributed by atoms with van der Waals surface area (Å²) in [6.07, 6.45) is 8.78. The first-order valence-corrected chi connectivity index (χ1v) is 14.9. The van der Waals surface area contributed by atoms with Crippen molar-refractivity contribution in [2.45, 2.75) is 76.5 Å². The minimum Gasteiger partial charge on any atom is -0.493 e. The highest BCUT2D eigenvalue weighted by atomic mass is 35.5. The first-order valence-electron chi connectivity index (χ1n) is 14.5. The summed E-state index contributed by atoms with van der Waals surface area (Å²) in [6.45, 7) is 5.08. The van der Waals surface area contributed by atoms with Gasteiger partial charge < -0.3 is 14.5 Å². The zero-order valence-electron chi connectivity index (χ0n) is 23.0. The predicted molar refractivity (Wildman–Crippen MR) is 152 cm³/mol. The second-order valence-electron chi connectivity index (χ2n) is 11.9. The third-order valence-electron chi connectivity index (χ3n) is 9.12. The lowest BCUT2D eigenvalue weighted by atomic mass is 9.74. The van der Waals surface area contributed by atoms with Gasteiger partial charge in [-0.3, -0.25) is 9.59 Å². The van der Waals surface area contributed by atoms with E-state index in [0.29, 0.717) is 31.1 Å². The molecule has 1 saturated carbocycles. The van der Waals surface area contributed by atoms with Gasteiger partial charge in [0.25, 0.3) is 0 Å². The van der Waals surface area contributed by atoms with E-state index in [2.05, 4.69) is 0 Å². The van der Waals surface area contributed by atoms with Crippen LogP contribution >= 0.6 is 11.6 Å². The van der Waals surface area contributed by atoms with Gasteiger partial charge in [-0.15, -0.1) is 0 Å². The number of aryl methyl sites for hydroxylation is 1. The second-order valence-corrected chi connectivity index (χ2v) is 12.4. The van der Waals surface area contributed by atoms with Gasteiger partial charge in [-0.1, -0.05) is 36.6 Å². The fraction of sp³-hybridized carbons (Fsp3) is 0.562. The van der Waals surface area contributed by atoms with Gasteiger partial charge in [-0.2, -0.15) is 0 Å². The summed E-state index contributed by atoms with van der Waals surface area (Å²) in [5.41, 5.74) is 0.746. The number of ether oxygens (including phenoxy) is 1. The number of amides is 2. The Hall–Kier alpha value is -2.60. The molecule has 0 aromatic heterocycles. The largest absolute Gasteiger partial charge is 0.493 e. The highest BCUT2D eigenvalue weighted by Crippen LogP contribution is 2.45. The van der Waals surface area contributed by atoms with E-state index in [1.165, 1.54) is 18.6 Å². The molecule has 210 valence electrons. The third kappa shape index (κ3) is 6.11. The molecule has 0 unspecified atom stereocenters. The normalized spacial score (nSPS) is 23.1. The molecule has 1 atom stereocenters. The van der Waals surface area contributed by atoms with Crippen LogP contribution in [0.1, 0.15) is 75.3 Å². The maximum atomic E-state index is 14.3. The fourth-order valence-corrected chi connectivity index (χ4v) is 7.01. The summed E-state index contributed by atoms with van der Waals surface area (Å²) >= 11 is 6.23. The van der Waals surface area contributed by atoms with Crippen LogP contribution in [-0.2, 0) is 15.0 Å².